The number of thiophene rings is 1. The zero-order chi connectivity index (χ0) is 16.2. The molecule has 2 heterocycles. The molecule has 5 nitrogen and oxygen atoms in total. The van der Waals surface area contributed by atoms with Gasteiger partial charge in [-0.1, -0.05) is 11.8 Å². The van der Waals surface area contributed by atoms with Crippen LogP contribution in [0.25, 0.3) is 10.2 Å². The van der Waals surface area contributed by atoms with Crippen LogP contribution >= 0.6 is 23.1 Å². The number of nitrogens with one attached hydrogen (secondary N) is 1. The molecule has 1 atom stereocenters. The minimum absolute atomic E-state index is 0.0672. The maximum absolute atomic E-state index is 12.4. The fourth-order valence-electron chi connectivity index (χ4n) is 2.82. The van der Waals surface area contributed by atoms with Gasteiger partial charge in [-0.3, -0.25) is 4.79 Å². The van der Waals surface area contributed by atoms with Crippen LogP contribution < -0.4 is 5.56 Å². The number of H-pyrrole nitrogens is 1. The van der Waals surface area contributed by atoms with E-state index in [1.54, 1.807) is 11.3 Å². The van der Waals surface area contributed by atoms with E-state index in [-0.39, 0.29) is 11.5 Å². The van der Waals surface area contributed by atoms with Crippen LogP contribution in [0.5, 0.6) is 0 Å². The number of rotatable bonds is 5. The van der Waals surface area contributed by atoms with Crippen LogP contribution in [0.4, 0.5) is 0 Å². The fourth-order valence-corrected chi connectivity index (χ4v) is 5.06. The van der Waals surface area contributed by atoms with Gasteiger partial charge in [0, 0.05) is 17.1 Å². The van der Waals surface area contributed by atoms with Crippen molar-refractivity contribution in [1.82, 2.24) is 9.97 Å². The van der Waals surface area contributed by atoms with Crippen LogP contribution in [0.1, 0.15) is 36.1 Å². The summed E-state index contributed by atoms with van der Waals surface area (Å²) >= 11 is 3.02. The highest BCUT2D eigenvalue weighted by Crippen LogP contribution is 2.34. The van der Waals surface area contributed by atoms with Crippen LogP contribution in [0.15, 0.2) is 9.95 Å². The van der Waals surface area contributed by atoms with Crippen molar-refractivity contribution in [3.8, 4) is 12.1 Å². The molecule has 0 amide bonds. The maximum atomic E-state index is 12.4. The Kier molecular flexibility index (Phi) is 5.00. The highest BCUT2D eigenvalue weighted by molar-refractivity contribution is 7.99. The molecule has 2 aromatic heterocycles. The third-order valence-corrected chi connectivity index (χ3v) is 6.23. The third-order valence-electron chi connectivity index (χ3n) is 4.01. The van der Waals surface area contributed by atoms with E-state index in [2.05, 4.69) is 22.1 Å². The first-order chi connectivity index (χ1) is 11.2. The first-order valence-electron chi connectivity index (χ1n) is 7.67. The second kappa shape index (κ2) is 7.16. The van der Waals surface area contributed by atoms with Gasteiger partial charge in [0.05, 0.1) is 23.4 Å². The van der Waals surface area contributed by atoms with Crippen molar-refractivity contribution < 1.29 is 0 Å². The summed E-state index contributed by atoms with van der Waals surface area (Å²) in [4.78, 5) is 22.0. The average Bonchev–Trinajstić information content (AvgIpc) is 2.93. The number of hydrogen-bond acceptors (Lipinski definition) is 6. The number of aryl methyl sites for hydroxylation is 2. The lowest BCUT2D eigenvalue weighted by Crippen LogP contribution is -2.11. The number of thioether (sulfide) groups is 1. The smallest absolute Gasteiger partial charge is 0.260 e. The number of aromatic amines is 1. The number of nitriles is 2. The van der Waals surface area contributed by atoms with Crippen LogP contribution in [0.3, 0.4) is 0 Å². The molecule has 1 N–H and O–H groups in total. The summed E-state index contributed by atoms with van der Waals surface area (Å²) in [5.41, 5.74) is 1.12. The highest BCUT2D eigenvalue weighted by atomic mass is 32.2. The van der Waals surface area contributed by atoms with E-state index in [1.807, 2.05) is 0 Å². The summed E-state index contributed by atoms with van der Waals surface area (Å²) in [6, 6.07) is 4.27. The molecule has 118 valence electrons. The van der Waals surface area contributed by atoms with Crippen molar-refractivity contribution in [1.29, 1.82) is 10.5 Å². The summed E-state index contributed by atoms with van der Waals surface area (Å²) < 4.78 is 0. The first-order valence-corrected chi connectivity index (χ1v) is 9.47. The van der Waals surface area contributed by atoms with Gasteiger partial charge in [-0.05, 0) is 37.7 Å². The lowest BCUT2D eigenvalue weighted by molar-refractivity contribution is 0.684. The SMILES string of the molecule is N#CCC[C@@H](C#N)CSc1nc2sc3c(c2c(=O)[nH]1)CCCC3. The molecule has 7 heteroatoms. The quantitative estimate of drug-likeness (QED) is 0.663. The molecule has 0 spiro atoms. The second-order valence-electron chi connectivity index (χ2n) is 5.60. The minimum atomic E-state index is -0.197. The number of nitrogens with zero attached hydrogens (tertiary/aromatic N) is 3. The Morgan fingerprint density at radius 2 is 2.17 bits per heavy atom. The number of fused-ring (bicyclic) bond motifs is 3. The summed E-state index contributed by atoms with van der Waals surface area (Å²) in [7, 11) is 0. The minimum Gasteiger partial charge on any atom is -0.301 e. The molecule has 0 aliphatic heterocycles. The summed E-state index contributed by atoms with van der Waals surface area (Å²) in [5.74, 6) is 0.342. The molecular weight excluding hydrogens is 328 g/mol. The van der Waals surface area contributed by atoms with E-state index in [0.29, 0.717) is 23.8 Å². The predicted octanol–water partition coefficient (Wildman–Crippen LogP) is 3.40. The molecule has 0 saturated heterocycles. The van der Waals surface area contributed by atoms with Crippen LogP contribution in [0, 0.1) is 28.6 Å². The van der Waals surface area contributed by atoms with Crippen molar-refractivity contribution in [2.24, 2.45) is 5.92 Å². The molecule has 1 aliphatic carbocycles. The van der Waals surface area contributed by atoms with Gasteiger partial charge in [0.25, 0.3) is 5.56 Å². The van der Waals surface area contributed by atoms with Crippen LogP contribution in [0.2, 0.25) is 0 Å². The lowest BCUT2D eigenvalue weighted by Gasteiger charge is -2.09. The molecule has 0 bridgehead atoms. The largest absolute Gasteiger partial charge is 0.301 e. The first kappa shape index (κ1) is 16.0. The maximum Gasteiger partial charge on any atom is 0.260 e. The van der Waals surface area contributed by atoms with Gasteiger partial charge in [-0.15, -0.1) is 11.3 Å². The van der Waals surface area contributed by atoms with Gasteiger partial charge in [-0.25, -0.2) is 4.98 Å². The van der Waals surface area contributed by atoms with Crippen molar-refractivity contribution >= 4 is 33.3 Å². The van der Waals surface area contributed by atoms with Gasteiger partial charge in [-0.2, -0.15) is 10.5 Å². The standard InChI is InChI=1S/C16H16N4OS2/c17-7-3-4-10(8-18)9-22-16-19-14(21)13-11-5-1-2-6-12(11)23-15(13)20-16/h10H,1-6,9H2,(H,19,20,21)/t10-/m0/s1. The molecule has 2 aromatic rings. The summed E-state index contributed by atoms with van der Waals surface area (Å²) in [6.07, 6.45) is 5.26. The normalized spacial score (nSPS) is 14.9. The Morgan fingerprint density at radius 1 is 1.35 bits per heavy atom. The zero-order valence-corrected chi connectivity index (χ0v) is 14.2. The van der Waals surface area contributed by atoms with E-state index in [0.717, 1.165) is 29.5 Å². The van der Waals surface area contributed by atoms with Gasteiger partial charge in [0.15, 0.2) is 5.16 Å². The van der Waals surface area contributed by atoms with Crippen molar-refractivity contribution in [2.45, 2.75) is 43.7 Å². The second-order valence-corrected chi connectivity index (χ2v) is 7.69. The summed E-state index contributed by atoms with van der Waals surface area (Å²) in [5, 5.41) is 19.0. The molecule has 0 unspecified atom stereocenters. The molecule has 0 aromatic carbocycles. The Hall–Kier alpha value is -1.83. The van der Waals surface area contributed by atoms with Crippen molar-refractivity contribution in [3.05, 3.63) is 20.8 Å². The van der Waals surface area contributed by atoms with E-state index < -0.39 is 0 Å². The van der Waals surface area contributed by atoms with E-state index in [4.69, 9.17) is 10.5 Å². The van der Waals surface area contributed by atoms with E-state index >= 15 is 0 Å². The van der Waals surface area contributed by atoms with Gasteiger partial charge in [0.2, 0.25) is 0 Å². The topological polar surface area (TPSA) is 93.3 Å². The molecule has 23 heavy (non-hydrogen) atoms. The Balaban J connectivity index is 1.82. The Morgan fingerprint density at radius 3 is 2.96 bits per heavy atom. The number of hydrogen-bond donors (Lipinski definition) is 1. The summed E-state index contributed by atoms with van der Waals surface area (Å²) in [6.45, 7) is 0. The molecule has 0 saturated carbocycles. The zero-order valence-electron chi connectivity index (χ0n) is 12.6. The Labute approximate surface area is 142 Å². The molecule has 3 rings (SSSR count). The van der Waals surface area contributed by atoms with Crippen molar-refractivity contribution in [2.75, 3.05) is 5.75 Å². The molecule has 1 aliphatic rings. The predicted molar refractivity (Wildman–Crippen MR) is 91.6 cm³/mol. The molecular formula is C16H16N4OS2. The Bertz CT molecular complexity index is 856. The van der Waals surface area contributed by atoms with Gasteiger partial charge >= 0.3 is 0 Å². The van der Waals surface area contributed by atoms with Crippen LogP contribution in [-0.4, -0.2) is 15.7 Å². The molecule has 0 fully saturated rings. The number of aromatic nitrogens is 2. The average molecular weight is 344 g/mol. The third kappa shape index (κ3) is 3.41. The van der Waals surface area contributed by atoms with E-state index in [1.165, 1.54) is 28.6 Å². The van der Waals surface area contributed by atoms with Gasteiger partial charge in [0.1, 0.15) is 4.83 Å². The highest BCUT2D eigenvalue weighted by Gasteiger charge is 2.20. The van der Waals surface area contributed by atoms with Crippen molar-refractivity contribution in [3.63, 3.8) is 0 Å². The van der Waals surface area contributed by atoms with Crippen LogP contribution in [-0.2, 0) is 12.8 Å². The molecule has 0 radical (unpaired) electrons. The van der Waals surface area contributed by atoms with E-state index in [9.17, 15) is 4.79 Å². The van der Waals surface area contributed by atoms with Gasteiger partial charge < -0.3 is 4.98 Å². The monoisotopic (exact) mass is 344 g/mol. The lowest BCUT2D eigenvalue weighted by atomic mass is 9.97. The fraction of sp³-hybridized carbons (Fsp3) is 0.500.